The minimum absolute atomic E-state index is 0.299. The average Bonchev–Trinajstić information content (AvgIpc) is 2.58. The molecule has 1 saturated heterocycles. The van der Waals surface area contributed by atoms with Crippen LogP contribution in [0.15, 0.2) is 41.3 Å². The summed E-state index contributed by atoms with van der Waals surface area (Å²) < 4.78 is 0.841. The molecule has 1 aromatic heterocycles. The van der Waals surface area contributed by atoms with E-state index >= 15 is 0 Å². The summed E-state index contributed by atoms with van der Waals surface area (Å²) in [7, 11) is 0. The van der Waals surface area contributed by atoms with Crippen LogP contribution in [0.5, 0.6) is 0 Å². The number of carboxylic acids is 1. The smallest absolute Gasteiger partial charge is 0.335 e. The molecule has 120 valence electrons. The number of carbonyl (C=O) groups is 1. The zero-order valence-electron chi connectivity index (χ0n) is 12.5. The molecule has 0 saturated carbocycles. The Morgan fingerprint density at radius 2 is 2.00 bits per heavy atom. The number of rotatable bonds is 4. The Balaban J connectivity index is 1.60. The SMILES string of the molecule is O=C(O)c1ccc(CN2CCN(c3cnccn3)CC2)c(Br)c1. The molecule has 1 aromatic carbocycles. The van der Waals surface area contributed by atoms with Crippen molar-refractivity contribution in [2.24, 2.45) is 0 Å². The number of nitrogens with zero attached hydrogens (tertiary/aromatic N) is 4. The van der Waals surface area contributed by atoms with Crippen LogP contribution in [0.1, 0.15) is 15.9 Å². The van der Waals surface area contributed by atoms with Crippen LogP contribution in [-0.4, -0.2) is 52.1 Å². The molecule has 0 atom stereocenters. The Labute approximate surface area is 142 Å². The van der Waals surface area contributed by atoms with Gasteiger partial charge < -0.3 is 10.0 Å². The monoisotopic (exact) mass is 376 g/mol. The lowest BCUT2D eigenvalue weighted by molar-refractivity contribution is 0.0697. The van der Waals surface area contributed by atoms with E-state index in [2.05, 4.69) is 35.7 Å². The van der Waals surface area contributed by atoms with E-state index in [9.17, 15) is 4.79 Å². The first-order valence-corrected chi connectivity index (χ1v) is 8.18. The first-order valence-electron chi connectivity index (χ1n) is 7.38. The summed E-state index contributed by atoms with van der Waals surface area (Å²) in [5, 5.41) is 9.01. The molecule has 0 amide bonds. The van der Waals surface area contributed by atoms with Crippen LogP contribution in [0, 0.1) is 0 Å². The van der Waals surface area contributed by atoms with Gasteiger partial charge in [-0.2, -0.15) is 0 Å². The Morgan fingerprint density at radius 3 is 2.61 bits per heavy atom. The van der Waals surface area contributed by atoms with E-state index < -0.39 is 5.97 Å². The first-order chi connectivity index (χ1) is 11.1. The van der Waals surface area contributed by atoms with Gasteiger partial charge in [0.2, 0.25) is 0 Å². The molecule has 0 unspecified atom stereocenters. The molecule has 1 aliphatic heterocycles. The fourth-order valence-corrected chi connectivity index (χ4v) is 3.14. The molecule has 0 bridgehead atoms. The first kappa shape index (κ1) is 15.9. The summed E-state index contributed by atoms with van der Waals surface area (Å²) >= 11 is 3.47. The maximum Gasteiger partial charge on any atom is 0.335 e. The second kappa shape index (κ2) is 7.06. The summed E-state index contributed by atoms with van der Waals surface area (Å²) in [6.07, 6.45) is 5.18. The van der Waals surface area contributed by atoms with E-state index in [4.69, 9.17) is 5.11 Å². The number of hydrogen-bond acceptors (Lipinski definition) is 5. The molecule has 1 aliphatic rings. The van der Waals surface area contributed by atoms with Crippen LogP contribution >= 0.6 is 15.9 Å². The summed E-state index contributed by atoms with van der Waals surface area (Å²) in [6.45, 7) is 4.48. The largest absolute Gasteiger partial charge is 0.478 e. The van der Waals surface area contributed by atoms with Gasteiger partial charge in [0.1, 0.15) is 5.82 Å². The normalized spacial score (nSPS) is 15.6. The molecule has 1 N–H and O–H groups in total. The summed E-state index contributed by atoms with van der Waals surface area (Å²) in [5.74, 6) is 0.00831. The molecule has 2 aromatic rings. The fourth-order valence-electron chi connectivity index (χ4n) is 2.64. The molecule has 0 spiro atoms. The van der Waals surface area contributed by atoms with Gasteiger partial charge in [-0.05, 0) is 17.7 Å². The van der Waals surface area contributed by atoms with Gasteiger partial charge in [-0.25, -0.2) is 9.78 Å². The Bertz CT molecular complexity index is 688. The molecule has 0 radical (unpaired) electrons. The van der Waals surface area contributed by atoms with Crippen molar-refractivity contribution in [3.63, 3.8) is 0 Å². The number of anilines is 1. The number of aromatic nitrogens is 2. The lowest BCUT2D eigenvalue weighted by atomic mass is 10.1. The zero-order chi connectivity index (χ0) is 16.2. The van der Waals surface area contributed by atoms with E-state index in [1.807, 2.05) is 6.07 Å². The molecule has 6 nitrogen and oxygen atoms in total. The lowest BCUT2D eigenvalue weighted by Crippen LogP contribution is -2.46. The van der Waals surface area contributed by atoms with Gasteiger partial charge >= 0.3 is 5.97 Å². The number of carboxylic acid groups (broad SMARTS) is 1. The summed E-state index contributed by atoms with van der Waals surface area (Å²) in [6, 6.07) is 5.19. The topological polar surface area (TPSA) is 69.6 Å². The average molecular weight is 377 g/mol. The predicted octanol–water partition coefficient (Wildman–Crippen LogP) is 2.26. The third-order valence-corrected chi connectivity index (χ3v) is 4.68. The maximum atomic E-state index is 11.0. The highest BCUT2D eigenvalue weighted by Crippen LogP contribution is 2.21. The second-order valence-corrected chi connectivity index (χ2v) is 6.29. The standard InChI is InChI=1S/C16H17BrN4O2/c17-14-9-12(16(22)23)1-2-13(14)11-20-5-7-21(8-6-20)15-10-18-3-4-19-15/h1-4,9-10H,5-8,11H2,(H,22,23). The quantitative estimate of drug-likeness (QED) is 0.882. The van der Waals surface area contributed by atoms with Crippen molar-refractivity contribution in [3.05, 3.63) is 52.4 Å². The Kier molecular flexibility index (Phi) is 4.88. The molecule has 2 heterocycles. The third-order valence-electron chi connectivity index (χ3n) is 3.94. The van der Waals surface area contributed by atoms with E-state index in [-0.39, 0.29) is 0 Å². The molecule has 23 heavy (non-hydrogen) atoms. The van der Waals surface area contributed by atoms with E-state index in [0.717, 1.165) is 48.6 Å². The number of benzene rings is 1. The predicted molar refractivity (Wildman–Crippen MR) is 90.6 cm³/mol. The molecule has 1 fully saturated rings. The molecular weight excluding hydrogens is 360 g/mol. The molecular formula is C16H17BrN4O2. The van der Waals surface area contributed by atoms with E-state index in [1.165, 1.54) is 0 Å². The van der Waals surface area contributed by atoms with Crippen molar-refractivity contribution in [2.75, 3.05) is 31.1 Å². The number of aromatic carboxylic acids is 1. The number of hydrogen-bond donors (Lipinski definition) is 1. The third kappa shape index (κ3) is 3.86. The lowest BCUT2D eigenvalue weighted by Gasteiger charge is -2.35. The highest BCUT2D eigenvalue weighted by Gasteiger charge is 2.19. The van der Waals surface area contributed by atoms with Gasteiger partial charge in [0.05, 0.1) is 11.8 Å². The van der Waals surface area contributed by atoms with Crippen LogP contribution in [0.3, 0.4) is 0 Å². The number of piperazine rings is 1. The minimum atomic E-state index is -0.908. The van der Waals surface area contributed by atoms with E-state index in [1.54, 1.807) is 30.7 Å². The van der Waals surface area contributed by atoms with Crippen molar-refractivity contribution >= 4 is 27.7 Å². The van der Waals surface area contributed by atoms with Gasteiger partial charge in [0.15, 0.2) is 0 Å². The Morgan fingerprint density at radius 1 is 1.22 bits per heavy atom. The van der Waals surface area contributed by atoms with Gasteiger partial charge in [-0.1, -0.05) is 22.0 Å². The number of halogens is 1. The van der Waals surface area contributed by atoms with Crippen molar-refractivity contribution in [1.29, 1.82) is 0 Å². The minimum Gasteiger partial charge on any atom is -0.478 e. The fraction of sp³-hybridized carbons (Fsp3) is 0.312. The van der Waals surface area contributed by atoms with Crippen LogP contribution in [0.4, 0.5) is 5.82 Å². The molecule has 0 aliphatic carbocycles. The van der Waals surface area contributed by atoms with Crippen LogP contribution in [-0.2, 0) is 6.54 Å². The van der Waals surface area contributed by atoms with E-state index in [0.29, 0.717) is 5.56 Å². The van der Waals surface area contributed by atoms with Crippen molar-refractivity contribution in [2.45, 2.75) is 6.54 Å². The highest BCUT2D eigenvalue weighted by molar-refractivity contribution is 9.10. The van der Waals surface area contributed by atoms with Crippen LogP contribution in [0.25, 0.3) is 0 Å². The summed E-state index contributed by atoms with van der Waals surface area (Å²) in [5.41, 5.74) is 1.40. The van der Waals surface area contributed by atoms with Gasteiger partial charge in [-0.3, -0.25) is 9.88 Å². The van der Waals surface area contributed by atoms with Gasteiger partial charge in [0.25, 0.3) is 0 Å². The van der Waals surface area contributed by atoms with Crippen molar-refractivity contribution in [1.82, 2.24) is 14.9 Å². The van der Waals surface area contributed by atoms with Gasteiger partial charge in [-0.15, -0.1) is 0 Å². The van der Waals surface area contributed by atoms with Crippen molar-refractivity contribution < 1.29 is 9.90 Å². The van der Waals surface area contributed by atoms with Crippen LogP contribution < -0.4 is 4.90 Å². The highest BCUT2D eigenvalue weighted by atomic mass is 79.9. The van der Waals surface area contributed by atoms with Crippen molar-refractivity contribution in [3.8, 4) is 0 Å². The molecule has 3 rings (SSSR count). The Hall–Kier alpha value is -1.99. The second-order valence-electron chi connectivity index (χ2n) is 5.44. The molecule has 7 heteroatoms. The maximum absolute atomic E-state index is 11.0. The van der Waals surface area contributed by atoms with Crippen LogP contribution in [0.2, 0.25) is 0 Å². The van der Waals surface area contributed by atoms with Gasteiger partial charge in [0, 0.05) is 49.6 Å². The summed E-state index contributed by atoms with van der Waals surface area (Å²) in [4.78, 5) is 24.0. The zero-order valence-corrected chi connectivity index (χ0v) is 14.1.